The molecule has 8 heteroatoms. The van der Waals surface area contributed by atoms with Gasteiger partial charge in [0, 0.05) is 10.7 Å². The minimum Gasteiger partial charge on any atom is -0.495 e. The van der Waals surface area contributed by atoms with Gasteiger partial charge in [-0.3, -0.25) is 4.79 Å². The first-order chi connectivity index (χ1) is 15.2. The Labute approximate surface area is 193 Å². The average Bonchev–Trinajstić information content (AvgIpc) is 2.76. The molecular weight excluding hydrogens is 448 g/mol. The third-order valence-electron chi connectivity index (χ3n) is 5.09. The van der Waals surface area contributed by atoms with Crippen LogP contribution in [0.5, 0.6) is 5.75 Å². The van der Waals surface area contributed by atoms with Gasteiger partial charge in [-0.2, -0.15) is 4.72 Å². The molecule has 0 aliphatic rings. The van der Waals surface area contributed by atoms with Crippen molar-refractivity contribution in [2.24, 2.45) is 0 Å². The number of amides is 1. The summed E-state index contributed by atoms with van der Waals surface area (Å²) in [6, 6.07) is 18.0. The molecule has 0 heterocycles. The van der Waals surface area contributed by atoms with Gasteiger partial charge < -0.3 is 10.1 Å². The minimum absolute atomic E-state index is 0.134. The van der Waals surface area contributed by atoms with Crippen molar-refractivity contribution in [1.29, 1.82) is 0 Å². The summed E-state index contributed by atoms with van der Waals surface area (Å²) in [5, 5.41) is 3.06. The number of halogens is 1. The standard InChI is InChI=1S/C24H25ClN2O4S/c1-16-9-11-20(13-17(16)2)26-24(28)21(14-18-7-5-4-6-8-18)27-32(29,30)23-15-19(25)10-12-22(23)31-3/h4-13,15,21,27H,14H2,1-3H3,(H,26,28). The summed E-state index contributed by atoms with van der Waals surface area (Å²) in [5.41, 5.74) is 3.52. The van der Waals surface area contributed by atoms with Crippen LogP contribution in [0.3, 0.4) is 0 Å². The molecule has 2 N–H and O–H groups in total. The van der Waals surface area contributed by atoms with Crippen molar-refractivity contribution >= 4 is 33.2 Å². The van der Waals surface area contributed by atoms with Crippen molar-refractivity contribution < 1.29 is 17.9 Å². The highest BCUT2D eigenvalue weighted by molar-refractivity contribution is 7.89. The number of carbonyl (C=O) groups is 1. The van der Waals surface area contributed by atoms with Gasteiger partial charge in [0.2, 0.25) is 15.9 Å². The van der Waals surface area contributed by atoms with Crippen molar-refractivity contribution in [3.63, 3.8) is 0 Å². The van der Waals surface area contributed by atoms with Crippen LogP contribution in [0.2, 0.25) is 5.02 Å². The molecule has 0 aliphatic heterocycles. The predicted octanol–water partition coefficient (Wildman–Crippen LogP) is 4.49. The van der Waals surface area contributed by atoms with Crippen LogP contribution in [-0.4, -0.2) is 27.5 Å². The maximum Gasteiger partial charge on any atom is 0.245 e. The first kappa shape index (κ1) is 23.8. The van der Waals surface area contributed by atoms with E-state index in [0.717, 1.165) is 16.7 Å². The van der Waals surface area contributed by atoms with E-state index in [1.54, 1.807) is 6.07 Å². The molecule has 1 atom stereocenters. The van der Waals surface area contributed by atoms with E-state index in [2.05, 4.69) is 10.0 Å². The maximum atomic E-state index is 13.2. The molecule has 0 radical (unpaired) electrons. The molecular formula is C24H25ClN2O4S. The van der Waals surface area contributed by atoms with E-state index < -0.39 is 22.0 Å². The second kappa shape index (κ2) is 10.2. The summed E-state index contributed by atoms with van der Waals surface area (Å²) >= 11 is 6.02. The van der Waals surface area contributed by atoms with E-state index in [9.17, 15) is 13.2 Å². The van der Waals surface area contributed by atoms with Gasteiger partial charge in [-0.25, -0.2) is 8.42 Å². The van der Waals surface area contributed by atoms with Crippen LogP contribution in [-0.2, 0) is 21.2 Å². The van der Waals surface area contributed by atoms with Crippen molar-refractivity contribution in [1.82, 2.24) is 4.72 Å². The Balaban J connectivity index is 1.92. The lowest BCUT2D eigenvalue weighted by Gasteiger charge is -2.20. The summed E-state index contributed by atoms with van der Waals surface area (Å²) in [7, 11) is -2.75. The van der Waals surface area contributed by atoms with Gasteiger partial charge in [-0.1, -0.05) is 48.0 Å². The van der Waals surface area contributed by atoms with Crippen LogP contribution in [0.1, 0.15) is 16.7 Å². The summed E-state index contributed by atoms with van der Waals surface area (Å²) in [4.78, 5) is 13.0. The van der Waals surface area contributed by atoms with Gasteiger partial charge in [0.15, 0.2) is 0 Å². The summed E-state index contributed by atoms with van der Waals surface area (Å²) in [5.74, 6) is -0.336. The van der Waals surface area contributed by atoms with E-state index in [1.807, 2.05) is 56.3 Å². The van der Waals surface area contributed by atoms with Crippen molar-refractivity contribution in [3.05, 3.63) is 88.4 Å². The van der Waals surface area contributed by atoms with Crippen LogP contribution >= 0.6 is 11.6 Å². The fraction of sp³-hybridized carbons (Fsp3) is 0.208. The van der Waals surface area contributed by atoms with Crippen LogP contribution in [0.25, 0.3) is 0 Å². The maximum absolute atomic E-state index is 13.2. The molecule has 6 nitrogen and oxygen atoms in total. The number of ether oxygens (including phenoxy) is 1. The van der Waals surface area contributed by atoms with Crippen molar-refractivity contribution in [2.75, 3.05) is 12.4 Å². The number of methoxy groups -OCH3 is 1. The Kier molecular flexibility index (Phi) is 7.56. The van der Waals surface area contributed by atoms with Crippen LogP contribution in [0, 0.1) is 13.8 Å². The van der Waals surface area contributed by atoms with E-state index >= 15 is 0 Å². The summed E-state index contributed by atoms with van der Waals surface area (Å²) < 4.78 is 34.1. The highest BCUT2D eigenvalue weighted by atomic mass is 35.5. The molecule has 3 aromatic rings. The Hall–Kier alpha value is -2.87. The Morgan fingerprint density at radius 2 is 1.72 bits per heavy atom. The molecule has 0 spiro atoms. The molecule has 0 aliphatic carbocycles. The average molecular weight is 473 g/mol. The zero-order valence-corrected chi connectivity index (χ0v) is 19.6. The van der Waals surface area contributed by atoms with Gasteiger partial charge in [-0.05, 0) is 67.3 Å². The van der Waals surface area contributed by atoms with Gasteiger partial charge >= 0.3 is 0 Å². The number of anilines is 1. The molecule has 1 amide bonds. The minimum atomic E-state index is -4.12. The Morgan fingerprint density at radius 3 is 2.38 bits per heavy atom. The number of rotatable bonds is 8. The van der Waals surface area contributed by atoms with E-state index in [1.165, 1.54) is 25.3 Å². The molecule has 1 unspecified atom stereocenters. The van der Waals surface area contributed by atoms with E-state index in [0.29, 0.717) is 5.69 Å². The van der Waals surface area contributed by atoms with Crippen molar-refractivity contribution in [2.45, 2.75) is 31.2 Å². The normalized spacial score (nSPS) is 12.2. The van der Waals surface area contributed by atoms with Gasteiger partial charge in [0.1, 0.15) is 16.7 Å². The molecule has 3 aromatic carbocycles. The zero-order valence-electron chi connectivity index (χ0n) is 18.1. The number of sulfonamides is 1. The first-order valence-electron chi connectivity index (χ1n) is 9.97. The molecule has 3 rings (SSSR count). The summed E-state index contributed by atoms with van der Waals surface area (Å²) in [6.45, 7) is 3.92. The van der Waals surface area contributed by atoms with Crippen LogP contribution in [0.4, 0.5) is 5.69 Å². The van der Waals surface area contributed by atoms with Crippen molar-refractivity contribution in [3.8, 4) is 5.75 Å². The molecule has 0 saturated carbocycles. The fourth-order valence-electron chi connectivity index (χ4n) is 3.20. The largest absolute Gasteiger partial charge is 0.495 e. The highest BCUT2D eigenvalue weighted by Gasteiger charge is 2.28. The third kappa shape index (κ3) is 5.88. The van der Waals surface area contributed by atoms with Gasteiger partial charge in [0.05, 0.1) is 7.11 Å². The Morgan fingerprint density at radius 1 is 1.00 bits per heavy atom. The predicted molar refractivity (Wildman–Crippen MR) is 127 cm³/mol. The van der Waals surface area contributed by atoms with E-state index in [4.69, 9.17) is 16.3 Å². The number of benzene rings is 3. The second-order valence-electron chi connectivity index (χ2n) is 7.45. The number of carbonyl (C=O) groups excluding carboxylic acids is 1. The topological polar surface area (TPSA) is 84.5 Å². The highest BCUT2D eigenvalue weighted by Crippen LogP contribution is 2.27. The lowest BCUT2D eigenvalue weighted by Crippen LogP contribution is -2.45. The fourth-order valence-corrected chi connectivity index (χ4v) is 4.82. The van der Waals surface area contributed by atoms with Crippen LogP contribution < -0.4 is 14.8 Å². The van der Waals surface area contributed by atoms with E-state index in [-0.39, 0.29) is 22.1 Å². The molecule has 0 aromatic heterocycles. The lowest BCUT2D eigenvalue weighted by molar-refractivity contribution is -0.117. The van der Waals surface area contributed by atoms with Gasteiger partial charge in [0.25, 0.3) is 0 Å². The second-order valence-corrected chi connectivity index (χ2v) is 9.57. The number of hydrogen-bond donors (Lipinski definition) is 2. The van der Waals surface area contributed by atoms with Crippen LogP contribution in [0.15, 0.2) is 71.6 Å². The lowest BCUT2D eigenvalue weighted by atomic mass is 10.1. The Bertz CT molecular complexity index is 1210. The quantitative estimate of drug-likeness (QED) is 0.505. The SMILES string of the molecule is COc1ccc(Cl)cc1S(=O)(=O)NC(Cc1ccccc1)C(=O)Nc1ccc(C)c(C)c1. The summed E-state index contributed by atoms with van der Waals surface area (Å²) in [6.07, 6.45) is 0.166. The smallest absolute Gasteiger partial charge is 0.245 e. The zero-order chi connectivity index (χ0) is 23.3. The monoisotopic (exact) mass is 472 g/mol. The van der Waals surface area contributed by atoms with Gasteiger partial charge in [-0.15, -0.1) is 0 Å². The third-order valence-corrected chi connectivity index (χ3v) is 6.81. The molecule has 168 valence electrons. The molecule has 0 fully saturated rings. The number of aryl methyl sites for hydroxylation is 2. The number of nitrogens with one attached hydrogen (secondary N) is 2. The molecule has 0 saturated heterocycles. The molecule has 0 bridgehead atoms. The molecule has 32 heavy (non-hydrogen) atoms. The first-order valence-corrected chi connectivity index (χ1v) is 11.8. The number of hydrogen-bond acceptors (Lipinski definition) is 4.